The summed E-state index contributed by atoms with van der Waals surface area (Å²) >= 11 is 0. The molecule has 0 aliphatic carbocycles. The summed E-state index contributed by atoms with van der Waals surface area (Å²) in [6.07, 6.45) is 5.14. The molecule has 1 atom stereocenters. The van der Waals surface area contributed by atoms with Gasteiger partial charge in [0.25, 0.3) is 0 Å². The van der Waals surface area contributed by atoms with E-state index in [1.807, 2.05) is 0 Å². The van der Waals surface area contributed by atoms with Gasteiger partial charge in [-0.25, -0.2) is 4.79 Å². The first kappa shape index (κ1) is 20.4. The summed E-state index contributed by atoms with van der Waals surface area (Å²) in [5.41, 5.74) is 0.728. The van der Waals surface area contributed by atoms with E-state index in [1.165, 1.54) is 6.07 Å². The second-order valence-electron chi connectivity index (χ2n) is 6.21. The molecule has 5 nitrogen and oxygen atoms in total. The van der Waals surface area contributed by atoms with E-state index in [1.54, 1.807) is 6.92 Å². The van der Waals surface area contributed by atoms with Gasteiger partial charge < -0.3 is 14.9 Å². The summed E-state index contributed by atoms with van der Waals surface area (Å²) in [4.78, 5) is 24.1. The number of carbonyl (C=O) groups is 2. The topological polar surface area (TPSA) is 83.8 Å². The van der Waals surface area contributed by atoms with Gasteiger partial charge in [0.1, 0.15) is 22.8 Å². The van der Waals surface area contributed by atoms with Crippen molar-refractivity contribution in [3.63, 3.8) is 0 Å². The van der Waals surface area contributed by atoms with E-state index in [0.29, 0.717) is 37.7 Å². The van der Waals surface area contributed by atoms with E-state index < -0.39 is 5.97 Å². The van der Waals surface area contributed by atoms with Crippen LogP contribution in [0.5, 0.6) is 11.5 Å². The lowest BCUT2D eigenvalue weighted by atomic mass is 9.98. The fraction of sp³-hybridized carbons (Fsp3) is 0.556. The van der Waals surface area contributed by atoms with E-state index in [0.717, 1.165) is 25.3 Å². The van der Waals surface area contributed by atoms with Crippen molar-refractivity contribution in [3.05, 3.63) is 23.3 Å². The summed E-state index contributed by atoms with van der Waals surface area (Å²) in [5, 5.41) is 19.7. The lowest BCUT2D eigenvalue weighted by molar-refractivity contribution is -0.119. The van der Waals surface area contributed by atoms with Crippen LogP contribution in [0.15, 0.2) is 12.1 Å². The van der Waals surface area contributed by atoms with Crippen LogP contribution in [0, 0.1) is 0 Å². The summed E-state index contributed by atoms with van der Waals surface area (Å²) in [5.74, 6) is -0.637. The van der Waals surface area contributed by atoms with E-state index in [9.17, 15) is 19.8 Å². The molecule has 1 aromatic rings. The van der Waals surface area contributed by atoms with Gasteiger partial charge >= 0.3 is 5.97 Å². The van der Waals surface area contributed by atoms with E-state index in [-0.39, 0.29) is 42.4 Å². The molecule has 2 rings (SSSR count). The summed E-state index contributed by atoms with van der Waals surface area (Å²) < 4.78 is 5.39. The maximum Gasteiger partial charge on any atom is 0.342 e. The number of carbonyl (C=O) groups excluding carboxylic acids is 2. The molecule has 1 heterocycles. The van der Waals surface area contributed by atoms with Crippen LogP contribution >= 0.6 is 13.5 Å². The zero-order chi connectivity index (χ0) is 16.8. The number of fused-ring (bicyclic) bond motifs is 1. The van der Waals surface area contributed by atoms with Crippen LogP contribution in [0.1, 0.15) is 67.8 Å². The first-order valence-corrected chi connectivity index (χ1v) is 8.25. The maximum atomic E-state index is 12.4. The van der Waals surface area contributed by atoms with Gasteiger partial charge in [-0.15, -0.1) is 0 Å². The van der Waals surface area contributed by atoms with Crippen molar-refractivity contribution >= 4 is 25.2 Å². The SMILES string of the molecule is CC1CCCC(=O)CCCCCc2cc(O)cc(O)c2C(=O)O1.S. The summed E-state index contributed by atoms with van der Waals surface area (Å²) in [6.45, 7) is 1.78. The molecule has 0 radical (unpaired) electrons. The number of rotatable bonds is 0. The molecule has 1 aliphatic rings. The monoisotopic (exact) mass is 354 g/mol. The standard InChI is InChI=1S/C18H24O5.H2S/c1-12-6-5-9-14(19)8-4-2-3-7-13-10-15(20)11-16(21)17(13)18(22)23-12;/h10-12,20-21H,2-9H2,1H3;1H2. The van der Waals surface area contributed by atoms with Crippen molar-refractivity contribution in [2.45, 2.75) is 64.4 Å². The molecule has 0 spiro atoms. The second-order valence-corrected chi connectivity index (χ2v) is 6.21. The Balaban J connectivity index is 0.00000288. The number of Topliss-reactive ketones (excluding diaryl/α,β-unsaturated/α-hetero) is 1. The fourth-order valence-corrected chi connectivity index (χ4v) is 2.93. The van der Waals surface area contributed by atoms with Crippen LogP contribution in [0.25, 0.3) is 0 Å². The highest BCUT2D eigenvalue weighted by atomic mass is 32.1. The zero-order valence-electron chi connectivity index (χ0n) is 14.0. The Morgan fingerprint density at radius 1 is 1.00 bits per heavy atom. The molecular weight excluding hydrogens is 328 g/mol. The van der Waals surface area contributed by atoms with Gasteiger partial charge in [-0.2, -0.15) is 13.5 Å². The molecule has 1 aliphatic heterocycles. The molecule has 0 aromatic heterocycles. The lowest BCUT2D eigenvalue weighted by Gasteiger charge is -2.17. The number of ether oxygens (including phenoxy) is 1. The number of aryl methyl sites for hydroxylation is 1. The van der Waals surface area contributed by atoms with Crippen molar-refractivity contribution in [1.29, 1.82) is 0 Å². The Morgan fingerprint density at radius 2 is 1.67 bits per heavy atom. The average molecular weight is 354 g/mol. The Hall–Kier alpha value is -1.69. The third kappa shape index (κ3) is 5.74. The van der Waals surface area contributed by atoms with Crippen molar-refractivity contribution in [3.8, 4) is 11.5 Å². The molecule has 0 saturated heterocycles. The smallest absolute Gasteiger partial charge is 0.342 e. The van der Waals surface area contributed by atoms with Crippen molar-refractivity contribution in [1.82, 2.24) is 0 Å². The predicted molar refractivity (Wildman–Crippen MR) is 96.1 cm³/mol. The summed E-state index contributed by atoms with van der Waals surface area (Å²) in [7, 11) is 0. The van der Waals surface area contributed by atoms with Gasteiger partial charge in [0.15, 0.2) is 0 Å². The molecule has 2 N–H and O–H groups in total. The van der Waals surface area contributed by atoms with Gasteiger partial charge in [0.2, 0.25) is 0 Å². The van der Waals surface area contributed by atoms with E-state index in [2.05, 4.69) is 0 Å². The fourth-order valence-electron chi connectivity index (χ4n) is 2.93. The first-order valence-electron chi connectivity index (χ1n) is 8.25. The van der Waals surface area contributed by atoms with Crippen LogP contribution in [-0.2, 0) is 16.0 Å². The lowest BCUT2D eigenvalue weighted by Crippen LogP contribution is -2.17. The molecule has 134 valence electrons. The molecule has 0 saturated carbocycles. The van der Waals surface area contributed by atoms with Crippen LogP contribution in [0.4, 0.5) is 0 Å². The number of hydrogen-bond acceptors (Lipinski definition) is 5. The number of phenols is 2. The minimum absolute atomic E-state index is 0. The van der Waals surface area contributed by atoms with Gasteiger partial charge in [0.05, 0.1) is 6.10 Å². The molecule has 0 bridgehead atoms. The van der Waals surface area contributed by atoms with Gasteiger partial charge in [-0.1, -0.05) is 6.42 Å². The normalized spacial score (nSPS) is 20.3. The zero-order valence-corrected chi connectivity index (χ0v) is 15.0. The van der Waals surface area contributed by atoms with Crippen molar-refractivity contribution in [2.24, 2.45) is 0 Å². The minimum atomic E-state index is -0.576. The van der Waals surface area contributed by atoms with Gasteiger partial charge in [-0.05, 0) is 50.7 Å². The number of ketones is 1. The quantitative estimate of drug-likeness (QED) is 0.695. The van der Waals surface area contributed by atoms with Crippen LogP contribution in [0.3, 0.4) is 0 Å². The maximum absolute atomic E-state index is 12.4. The molecule has 1 aromatic carbocycles. The van der Waals surface area contributed by atoms with Crippen LogP contribution in [0.2, 0.25) is 0 Å². The number of cyclic esters (lactones) is 1. The van der Waals surface area contributed by atoms with Crippen molar-refractivity contribution < 1.29 is 24.5 Å². The van der Waals surface area contributed by atoms with E-state index >= 15 is 0 Å². The minimum Gasteiger partial charge on any atom is -0.508 e. The highest BCUT2D eigenvalue weighted by molar-refractivity contribution is 7.59. The Labute approximate surface area is 149 Å². The molecule has 0 amide bonds. The highest BCUT2D eigenvalue weighted by Crippen LogP contribution is 2.30. The molecular formula is C18H26O5S. The third-order valence-corrected chi connectivity index (χ3v) is 4.16. The largest absolute Gasteiger partial charge is 0.508 e. The first-order chi connectivity index (χ1) is 11.0. The highest BCUT2D eigenvalue weighted by Gasteiger charge is 2.21. The van der Waals surface area contributed by atoms with Gasteiger partial charge in [-0.3, -0.25) is 4.79 Å². The van der Waals surface area contributed by atoms with Crippen LogP contribution < -0.4 is 0 Å². The average Bonchev–Trinajstić information content (AvgIpc) is 2.45. The second kappa shape index (κ2) is 9.57. The molecule has 1 unspecified atom stereocenters. The summed E-state index contributed by atoms with van der Waals surface area (Å²) in [6, 6.07) is 2.66. The van der Waals surface area contributed by atoms with Crippen LogP contribution in [-0.4, -0.2) is 28.1 Å². The Bertz CT molecular complexity index is 585. The number of hydrogen-bond donors (Lipinski definition) is 2. The van der Waals surface area contributed by atoms with Gasteiger partial charge in [0, 0.05) is 18.9 Å². The molecule has 0 fully saturated rings. The number of aromatic hydroxyl groups is 2. The Morgan fingerprint density at radius 3 is 2.42 bits per heavy atom. The third-order valence-electron chi connectivity index (χ3n) is 4.16. The Kier molecular flexibility index (Phi) is 8.11. The number of benzene rings is 1. The van der Waals surface area contributed by atoms with Crippen molar-refractivity contribution in [2.75, 3.05) is 0 Å². The predicted octanol–water partition coefficient (Wildman–Crippen LogP) is 3.61. The molecule has 6 heteroatoms. The number of esters is 1. The van der Waals surface area contributed by atoms with E-state index in [4.69, 9.17) is 4.74 Å². The molecule has 24 heavy (non-hydrogen) atoms. The number of phenolic OH excluding ortho intramolecular Hbond substituents is 2.